The van der Waals surface area contributed by atoms with E-state index in [1.54, 1.807) is 12.1 Å². The van der Waals surface area contributed by atoms with E-state index in [4.69, 9.17) is 5.73 Å². The van der Waals surface area contributed by atoms with E-state index in [0.29, 0.717) is 10.6 Å². The van der Waals surface area contributed by atoms with E-state index in [1.807, 2.05) is 6.07 Å². The fourth-order valence-corrected chi connectivity index (χ4v) is 3.74. The van der Waals surface area contributed by atoms with Gasteiger partial charge in [0.1, 0.15) is 0 Å². The summed E-state index contributed by atoms with van der Waals surface area (Å²) in [7, 11) is -3.20. The highest BCUT2D eigenvalue weighted by atomic mass is 32.2. The Balaban J connectivity index is 2.19. The average molecular weight is 310 g/mol. The van der Waals surface area contributed by atoms with Crippen molar-refractivity contribution in [2.45, 2.75) is 38.0 Å². The summed E-state index contributed by atoms with van der Waals surface area (Å²) in [4.78, 5) is 2.59. The summed E-state index contributed by atoms with van der Waals surface area (Å²) in [5.41, 5.74) is 7.61. The van der Waals surface area contributed by atoms with Crippen LogP contribution < -0.4 is 10.6 Å². The molecule has 0 bridgehead atoms. The molecule has 118 valence electrons. The van der Waals surface area contributed by atoms with Gasteiger partial charge in [0.25, 0.3) is 0 Å². The van der Waals surface area contributed by atoms with Gasteiger partial charge in [-0.05, 0) is 49.3 Å². The minimum Gasteiger partial charge on any atom is -0.397 e. The van der Waals surface area contributed by atoms with Crippen molar-refractivity contribution in [1.29, 1.82) is 0 Å². The molecule has 4 nitrogen and oxygen atoms in total. The van der Waals surface area contributed by atoms with E-state index < -0.39 is 9.84 Å². The molecule has 0 amide bonds. The Bertz CT molecular complexity index is 596. The molecule has 1 aromatic rings. The summed E-state index contributed by atoms with van der Waals surface area (Å²) >= 11 is 0. The zero-order valence-electron chi connectivity index (χ0n) is 13.2. The standard InChI is InChI=1S/C16H26N2O2S/c1-12(2)13-5-4-9-18(10-8-13)16-7-6-14(11-15(16)17)21(3,19)20/h6-7,11-13H,4-5,8-10,17H2,1-3H3. The molecule has 1 heterocycles. The van der Waals surface area contributed by atoms with Crippen LogP contribution in [0.5, 0.6) is 0 Å². The van der Waals surface area contributed by atoms with E-state index >= 15 is 0 Å². The molecule has 0 aromatic heterocycles. The summed E-state index contributed by atoms with van der Waals surface area (Å²) < 4.78 is 23.2. The smallest absolute Gasteiger partial charge is 0.175 e. The Kier molecular flexibility index (Phi) is 4.81. The molecule has 0 spiro atoms. The first-order valence-electron chi connectivity index (χ1n) is 7.63. The zero-order chi connectivity index (χ0) is 15.6. The lowest BCUT2D eigenvalue weighted by atomic mass is 9.89. The molecular formula is C16H26N2O2S. The van der Waals surface area contributed by atoms with Gasteiger partial charge < -0.3 is 10.6 Å². The lowest BCUT2D eigenvalue weighted by Crippen LogP contribution is -2.25. The highest BCUT2D eigenvalue weighted by Gasteiger charge is 2.21. The lowest BCUT2D eigenvalue weighted by Gasteiger charge is -2.25. The molecule has 1 aliphatic heterocycles. The first-order chi connectivity index (χ1) is 9.79. The number of sulfone groups is 1. The van der Waals surface area contributed by atoms with Gasteiger partial charge in [0.15, 0.2) is 9.84 Å². The SMILES string of the molecule is CC(C)C1CCCN(c2ccc(S(C)(=O)=O)cc2N)CC1. The summed E-state index contributed by atoms with van der Waals surface area (Å²) in [6.45, 7) is 6.56. The van der Waals surface area contributed by atoms with Crippen LogP contribution >= 0.6 is 0 Å². The van der Waals surface area contributed by atoms with Crippen LogP contribution in [0, 0.1) is 11.8 Å². The number of hydrogen-bond donors (Lipinski definition) is 1. The van der Waals surface area contributed by atoms with Crippen molar-refractivity contribution in [3.63, 3.8) is 0 Å². The number of nitrogen functional groups attached to an aromatic ring is 1. The Hall–Kier alpha value is -1.23. The minimum absolute atomic E-state index is 0.290. The Morgan fingerprint density at radius 2 is 1.95 bits per heavy atom. The van der Waals surface area contributed by atoms with Crippen molar-refractivity contribution in [3.8, 4) is 0 Å². The van der Waals surface area contributed by atoms with Crippen molar-refractivity contribution in [2.24, 2.45) is 11.8 Å². The molecule has 1 atom stereocenters. The van der Waals surface area contributed by atoms with Crippen LogP contribution in [0.25, 0.3) is 0 Å². The van der Waals surface area contributed by atoms with Gasteiger partial charge in [-0.25, -0.2) is 8.42 Å². The second kappa shape index (κ2) is 6.26. The molecule has 1 aromatic carbocycles. The van der Waals surface area contributed by atoms with Crippen molar-refractivity contribution >= 4 is 21.2 Å². The van der Waals surface area contributed by atoms with Gasteiger partial charge in [0.2, 0.25) is 0 Å². The molecule has 1 saturated heterocycles. The maximum absolute atomic E-state index is 11.6. The molecule has 2 rings (SSSR count). The van der Waals surface area contributed by atoms with Gasteiger partial charge in [-0.3, -0.25) is 0 Å². The Morgan fingerprint density at radius 3 is 2.52 bits per heavy atom. The normalized spacial score (nSPS) is 20.6. The largest absolute Gasteiger partial charge is 0.397 e. The molecule has 0 saturated carbocycles. The van der Waals surface area contributed by atoms with Crippen LogP contribution in [-0.4, -0.2) is 27.8 Å². The molecule has 21 heavy (non-hydrogen) atoms. The Morgan fingerprint density at radius 1 is 1.24 bits per heavy atom. The lowest BCUT2D eigenvalue weighted by molar-refractivity contribution is 0.351. The second-order valence-electron chi connectivity index (χ2n) is 6.41. The molecule has 1 fully saturated rings. The topological polar surface area (TPSA) is 63.4 Å². The van der Waals surface area contributed by atoms with Gasteiger partial charge >= 0.3 is 0 Å². The average Bonchev–Trinajstić information content (AvgIpc) is 2.63. The van der Waals surface area contributed by atoms with Crippen LogP contribution in [0.4, 0.5) is 11.4 Å². The first kappa shape index (κ1) is 16.1. The van der Waals surface area contributed by atoms with Crippen molar-refractivity contribution in [2.75, 3.05) is 30.0 Å². The highest BCUT2D eigenvalue weighted by molar-refractivity contribution is 7.90. The van der Waals surface area contributed by atoms with Gasteiger partial charge in [-0.2, -0.15) is 0 Å². The number of hydrogen-bond acceptors (Lipinski definition) is 4. The molecule has 5 heteroatoms. The molecule has 1 unspecified atom stereocenters. The number of benzene rings is 1. The number of anilines is 2. The number of rotatable bonds is 3. The predicted molar refractivity (Wildman–Crippen MR) is 88.4 cm³/mol. The second-order valence-corrected chi connectivity index (χ2v) is 8.43. The van der Waals surface area contributed by atoms with Crippen LogP contribution in [-0.2, 0) is 9.84 Å². The molecule has 0 radical (unpaired) electrons. The van der Waals surface area contributed by atoms with Crippen molar-refractivity contribution in [3.05, 3.63) is 18.2 Å². The maximum atomic E-state index is 11.6. The number of nitrogens with zero attached hydrogens (tertiary/aromatic N) is 1. The first-order valence-corrected chi connectivity index (χ1v) is 9.52. The summed E-state index contributed by atoms with van der Waals surface area (Å²) in [6.07, 6.45) is 4.80. The monoisotopic (exact) mass is 310 g/mol. The summed E-state index contributed by atoms with van der Waals surface area (Å²) in [6, 6.07) is 5.09. The van der Waals surface area contributed by atoms with Gasteiger partial charge in [-0.1, -0.05) is 13.8 Å². The molecule has 2 N–H and O–H groups in total. The summed E-state index contributed by atoms with van der Waals surface area (Å²) in [5, 5.41) is 0. The van der Waals surface area contributed by atoms with Gasteiger partial charge in [0, 0.05) is 19.3 Å². The van der Waals surface area contributed by atoms with E-state index in [1.165, 1.54) is 19.1 Å². The van der Waals surface area contributed by atoms with Crippen LogP contribution in [0.15, 0.2) is 23.1 Å². The molecular weight excluding hydrogens is 284 g/mol. The predicted octanol–water partition coefficient (Wildman–Crippen LogP) is 2.93. The third kappa shape index (κ3) is 3.90. The van der Waals surface area contributed by atoms with E-state index in [2.05, 4.69) is 18.7 Å². The van der Waals surface area contributed by atoms with E-state index in [-0.39, 0.29) is 0 Å². The Labute approximate surface area is 128 Å². The molecule has 1 aliphatic rings. The molecule has 0 aliphatic carbocycles. The van der Waals surface area contributed by atoms with Crippen LogP contribution in [0.1, 0.15) is 33.1 Å². The fourth-order valence-electron chi connectivity index (χ4n) is 3.08. The minimum atomic E-state index is -3.20. The third-order valence-corrected chi connectivity index (χ3v) is 5.59. The van der Waals surface area contributed by atoms with Crippen LogP contribution in [0.2, 0.25) is 0 Å². The van der Waals surface area contributed by atoms with E-state index in [0.717, 1.165) is 37.0 Å². The quantitative estimate of drug-likeness (QED) is 0.872. The highest BCUT2D eigenvalue weighted by Crippen LogP contribution is 2.31. The van der Waals surface area contributed by atoms with Crippen molar-refractivity contribution < 1.29 is 8.42 Å². The van der Waals surface area contributed by atoms with Crippen molar-refractivity contribution in [1.82, 2.24) is 0 Å². The maximum Gasteiger partial charge on any atom is 0.175 e. The van der Waals surface area contributed by atoms with E-state index in [9.17, 15) is 8.42 Å². The summed E-state index contributed by atoms with van der Waals surface area (Å²) in [5.74, 6) is 1.49. The number of nitrogens with two attached hydrogens (primary N) is 1. The third-order valence-electron chi connectivity index (χ3n) is 4.48. The van der Waals surface area contributed by atoms with Gasteiger partial charge in [0.05, 0.1) is 16.3 Å². The van der Waals surface area contributed by atoms with Crippen LogP contribution in [0.3, 0.4) is 0 Å². The zero-order valence-corrected chi connectivity index (χ0v) is 14.0. The van der Waals surface area contributed by atoms with Gasteiger partial charge in [-0.15, -0.1) is 0 Å². The fraction of sp³-hybridized carbons (Fsp3) is 0.625.